The van der Waals surface area contributed by atoms with Crippen LogP contribution in [0.25, 0.3) is 0 Å². The molecular weight excluding hydrogens is 294 g/mol. The van der Waals surface area contributed by atoms with Crippen molar-refractivity contribution < 1.29 is 23.0 Å². The van der Waals surface area contributed by atoms with Crippen LogP contribution in [0.4, 0.5) is 0 Å². The molecule has 7 heteroatoms. The average Bonchev–Trinajstić information content (AvgIpc) is 2.52. The summed E-state index contributed by atoms with van der Waals surface area (Å²) in [6, 6.07) is 6.50. The molecule has 1 unspecified atom stereocenters. The zero-order chi connectivity index (χ0) is 14.9. The summed E-state index contributed by atoms with van der Waals surface area (Å²) in [6.45, 7) is 6.14. The predicted octanol–water partition coefficient (Wildman–Crippen LogP) is 0.995. The van der Waals surface area contributed by atoms with Crippen molar-refractivity contribution >= 4 is 11.1 Å². The molecule has 1 saturated heterocycles. The van der Waals surface area contributed by atoms with Gasteiger partial charge < -0.3 is 18.8 Å². The molecule has 1 aromatic rings. The van der Waals surface area contributed by atoms with E-state index in [1.165, 1.54) is 0 Å². The van der Waals surface area contributed by atoms with Gasteiger partial charge >= 0.3 is 0 Å². The van der Waals surface area contributed by atoms with Crippen molar-refractivity contribution in [2.75, 3.05) is 52.7 Å². The van der Waals surface area contributed by atoms with E-state index in [4.69, 9.17) is 18.8 Å². The van der Waals surface area contributed by atoms with Gasteiger partial charge in [0.05, 0.1) is 31.3 Å². The van der Waals surface area contributed by atoms with E-state index >= 15 is 0 Å². The molecule has 2 rings (SSSR count). The number of nitrogens with zero attached hydrogens (tertiary/aromatic N) is 1. The largest absolute Gasteiger partial charge is 0.491 e. The average molecular weight is 315 g/mol. The molecule has 1 heterocycles. The van der Waals surface area contributed by atoms with Crippen LogP contribution in [0.3, 0.4) is 0 Å². The molecule has 0 aromatic heterocycles. The lowest BCUT2D eigenvalue weighted by atomic mass is 10.3. The quantitative estimate of drug-likeness (QED) is 0.570. The number of benzene rings is 1. The van der Waals surface area contributed by atoms with E-state index in [0.29, 0.717) is 30.5 Å². The highest BCUT2D eigenvalue weighted by Gasteiger charge is 2.09. The SMILES string of the molecule is O=S(O)c1ccc(OCCOCCN2CCOCC2)cc1. The highest BCUT2D eigenvalue weighted by atomic mass is 32.2. The van der Waals surface area contributed by atoms with Crippen molar-refractivity contribution in [3.8, 4) is 5.75 Å². The van der Waals surface area contributed by atoms with Crippen LogP contribution < -0.4 is 4.74 Å². The zero-order valence-electron chi connectivity index (χ0n) is 11.9. The van der Waals surface area contributed by atoms with Gasteiger partial charge in [-0.15, -0.1) is 0 Å². The molecule has 1 atom stereocenters. The number of rotatable bonds is 8. The summed E-state index contributed by atoms with van der Waals surface area (Å²) in [7, 11) is 0. The number of ether oxygens (including phenoxy) is 3. The number of hydrogen-bond acceptors (Lipinski definition) is 5. The first-order valence-electron chi connectivity index (χ1n) is 6.97. The summed E-state index contributed by atoms with van der Waals surface area (Å²) in [5.41, 5.74) is 0. The first-order chi connectivity index (χ1) is 10.3. The zero-order valence-corrected chi connectivity index (χ0v) is 12.7. The molecule has 1 aliphatic rings. The third-order valence-corrected chi connectivity index (χ3v) is 3.85. The lowest BCUT2D eigenvalue weighted by molar-refractivity contribution is 0.0170. The summed E-state index contributed by atoms with van der Waals surface area (Å²) >= 11 is -1.94. The van der Waals surface area contributed by atoms with Crippen LogP contribution in [-0.4, -0.2) is 66.3 Å². The van der Waals surface area contributed by atoms with Gasteiger partial charge in [0.1, 0.15) is 12.4 Å². The molecule has 21 heavy (non-hydrogen) atoms. The molecular formula is C14H21NO5S. The maximum absolute atomic E-state index is 10.8. The number of morpholine rings is 1. The molecule has 1 N–H and O–H groups in total. The minimum atomic E-state index is -1.94. The molecule has 0 bridgehead atoms. The minimum Gasteiger partial charge on any atom is -0.491 e. The first kappa shape index (κ1) is 16.4. The van der Waals surface area contributed by atoms with Crippen LogP contribution >= 0.6 is 0 Å². The molecule has 118 valence electrons. The van der Waals surface area contributed by atoms with Crippen molar-refractivity contribution in [1.82, 2.24) is 4.90 Å². The van der Waals surface area contributed by atoms with Gasteiger partial charge in [-0.1, -0.05) is 0 Å². The van der Waals surface area contributed by atoms with Gasteiger partial charge in [0.25, 0.3) is 0 Å². The monoisotopic (exact) mass is 315 g/mol. The molecule has 1 aromatic carbocycles. The second kappa shape index (κ2) is 9.11. The van der Waals surface area contributed by atoms with Crippen LogP contribution in [0, 0.1) is 0 Å². The van der Waals surface area contributed by atoms with Crippen LogP contribution in [0.15, 0.2) is 29.2 Å². The highest BCUT2D eigenvalue weighted by Crippen LogP contribution is 2.13. The van der Waals surface area contributed by atoms with Crippen molar-refractivity contribution in [2.45, 2.75) is 4.90 Å². The third-order valence-electron chi connectivity index (χ3n) is 3.18. The minimum absolute atomic E-state index is 0.365. The smallest absolute Gasteiger partial charge is 0.186 e. The van der Waals surface area contributed by atoms with Gasteiger partial charge in [-0.3, -0.25) is 4.90 Å². The number of hydrogen-bond donors (Lipinski definition) is 1. The van der Waals surface area contributed by atoms with Crippen molar-refractivity contribution in [3.05, 3.63) is 24.3 Å². The van der Waals surface area contributed by atoms with Gasteiger partial charge in [0.15, 0.2) is 11.1 Å². The summed E-state index contributed by atoms with van der Waals surface area (Å²) in [4.78, 5) is 2.68. The maximum Gasteiger partial charge on any atom is 0.186 e. The normalized spacial score (nSPS) is 17.6. The van der Waals surface area contributed by atoms with Crippen LogP contribution in [0.1, 0.15) is 0 Å². The second-order valence-electron chi connectivity index (χ2n) is 4.64. The van der Waals surface area contributed by atoms with E-state index in [1.54, 1.807) is 24.3 Å². The van der Waals surface area contributed by atoms with Crippen LogP contribution in [0.5, 0.6) is 5.75 Å². The Morgan fingerprint density at radius 3 is 2.52 bits per heavy atom. The Labute approximate surface area is 127 Å². The van der Waals surface area contributed by atoms with E-state index < -0.39 is 11.1 Å². The Morgan fingerprint density at radius 1 is 1.14 bits per heavy atom. The third kappa shape index (κ3) is 6.11. The van der Waals surface area contributed by atoms with Gasteiger partial charge in [-0.2, -0.15) is 0 Å². The van der Waals surface area contributed by atoms with Crippen LogP contribution in [0.2, 0.25) is 0 Å². The standard InChI is InChI=1S/C14H21NO5S/c16-21(17)14-3-1-13(2-4-14)20-12-11-19-10-7-15-5-8-18-9-6-15/h1-4H,5-12H2,(H,16,17). The topological polar surface area (TPSA) is 68.2 Å². The molecule has 0 saturated carbocycles. The van der Waals surface area contributed by atoms with E-state index in [0.717, 1.165) is 32.8 Å². The molecule has 6 nitrogen and oxygen atoms in total. The van der Waals surface area contributed by atoms with E-state index in [1.807, 2.05) is 0 Å². The lowest BCUT2D eigenvalue weighted by Crippen LogP contribution is -2.38. The molecule has 0 radical (unpaired) electrons. The van der Waals surface area contributed by atoms with Gasteiger partial charge in [-0.05, 0) is 24.3 Å². The highest BCUT2D eigenvalue weighted by molar-refractivity contribution is 7.79. The first-order valence-corrected chi connectivity index (χ1v) is 8.08. The van der Waals surface area contributed by atoms with Crippen LogP contribution in [-0.2, 0) is 20.6 Å². The van der Waals surface area contributed by atoms with E-state index in [-0.39, 0.29) is 0 Å². The molecule has 1 aliphatic heterocycles. The van der Waals surface area contributed by atoms with Crippen molar-refractivity contribution in [2.24, 2.45) is 0 Å². The Bertz CT molecular complexity index is 433. The Kier molecular flexibility index (Phi) is 7.11. The van der Waals surface area contributed by atoms with Gasteiger partial charge in [-0.25, -0.2) is 4.21 Å². The fraction of sp³-hybridized carbons (Fsp3) is 0.571. The Balaban J connectivity index is 1.54. The lowest BCUT2D eigenvalue weighted by Gasteiger charge is -2.26. The van der Waals surface area contributed by atoms with Crippen molar-refractivity contribution in [3.63, 3.8) is 0 Å². The molecule has 0 amide bonds. The maximum atomic E-state index is 10.8. The molecule has 0 aliphatic carbocycles. The Hall–Kier alpha value is -0.990. The summed E-state index contributed by atoms with van der Waals surface area (Å²) in [5, 5.41) is 0. The summed E-state index contributed by atoms with van der Waals surface area (Å²) < 4.78 is 36.0. The second-order valence-corrected chi connectivity index (χ2v) is 5.61. The molecule has 0 spiro atoms. The fourth-order valence-electron chi connectivity index (χ4n) is 1.99. The van der Waals surface area contributed by atoms with Crippen molar-refractivity contribution in [1.29, 1.82) is 0 Å². The van der Waals surface area contributed by atoms with E-state index in [9.17, 15) is 4.21 Å². The summed E-state index contributed by atoms with van der Waals surface area (Å²) in [6.07, 6.45) is 0. The fourth-order valence-corrected chi connectivity index (χ4v) is 2.36. The molecule has 1 fully saturated rings. The van der Waals surface area contributed by atoms with Gasteiger partial charge in [0, 0.05) is 19.6 Å². The van der Waals surface area contributed by atoms with Gasteiger partial charge in [0.2, 0.25) is 0 Å². The van der Waals surface area contributed by atoms with E-state index in [2.05, 4.69) is 4.90 Å². The summed E-state index contributed by atoms with van der Waals surface area (Å²) in [5.74, 6) is 0.668. The Morgan fingerprint density at radius 2 is 1.86 bits per heavy atom. The predicted molar refractivity (Wildman–Crippen MR) is 79.1 cm³/mol.